The first-order valence-electron chi connectivity index (χ1n) is 5.66. The highest BCUT2D eigenvalue weighted by atomic mass is 16.5. The molecule has 0 atom stereocenters. The Hall–Kier alpha value is -2.17. The maximum atomic E-state index is 11.5. The van der Waals surface area contributed by atoms with Gasteiger partial charge in [0.05, 0.1) is 5.56 Å². The lowest BCUT2D eigenvalue weighted by molar-refractivity contribution is -0.124. The minimum Gasteiger partial charge on any atom is -0.452 e. The molecule has 0 saturated heterocycles. The van der Waals surface area contributed by atoms with E-state index >= 15 is 0 Å². The fraction of sp³-hybridized carbons (Fsp3) is 0.308. The van der Waals surface area contributed by atoms with E-state index in [1.807, 2.05) is 6.92 Å². The van der Waals surface area contributed by atoms with Crippen molar-refractivity contribution in [3.63, 3.8) is 0 Å². The van der Waals surface area contributed by atoms with Crippen LogP contribution >= 0.6 is 0 Å². The quantitative estimate of drug-likeness (QED) is 0.607. The first-order chi connectivity index (χ1) is 8.67. The van der Waals surface area contributed by atoms with E-state index in [1.165, 1.54) is 24.3 Å². The molecule has 0 radical (unpaired) electrons. The molecule has 1 amide bonds. The maximum Gasteiger partial charge on any atom is 0.338 e. The fourth-order valence-electron chi connectivity index (χ4n) is 1.23. The van der Waals surface area contributed by atoms with Crippen LogP contribution in [-0.4, -0.2) is 31.3 Å². The van der Waals surface area contributed by atoms with Crippen molar-refractivity contribution in [1.82, 2.24) is 5.32 Å². The van der Waals surface area contributed by atoms with Gasteiger partial charge in [0.2, 0.25) is 0 Å². The summed E-state index contributed by atoms with van der Waals surface area (Å²) in [5, 5.41) is 2.59. The summed E-state index contributed by atoms with van der Waals surface area (Å²) in [7, 11) is 0. The molecular weight excluding hydrogens is 234 g/mol. The number of nitrogens with one attached hydrogen (secondary N) is 1. The van der Waals surface area contributed by atoms with Crippen LogP contribution in [0, 0.1) is 0 Å². The van der Waals surface area contributed by atoms with Crippen LogP contribution in [0.15, 0.2) is 24.3 Å². The van der Waals surface area contributed by atoms with E-state index < -0.39 is 5.97 Å². The van der Waals surface area contributed by atoms with Gasteiger partial charge < -0.3 is 10.1 Å². The molecule has 0 heterocycles. The van der Waals surface area contributed by atoms with E-state index in [-0.39, 0.29) is 12.5 Å². The van der Waals surface area contributed by atoms with E-state index in [9.17, 15) is 14.4 Å². The summed E-state index contributed by atoms with van der Waals surface area (Å²) in [5.41, 5.74) is 0.788. The Morgan fingerprint density at radius 3 is 2.50 bits per heavy atom. The molecule has 96 valence electrons. The Morgan fingerprint density at radius 2 is 1.94 bits per heavy atom. The molecule has 0 aliphatic heterocycles. The average Bonchev–Trinajstić information content (AvgIpc) is 2.42. The van der Waals surface area contributed by atoms with Gasteiger partial charge in [-0.15, -0.1) is 0 Å². The molecule has 0 saturated carbocycles. The summed E-state index contributed by atoms with van der Waals surface area (Å²) in [6, 6.07) is 5.99. The second-order valence-electron chi connectivity index (χ2n) is 3.67. The van der Waals surface area contributed by atoms with Gasteiger partial charge in [-0.05, 0) is 18.6 Å². The van der Waals surface area contributed by atoms with Crippen LogP contribution in [0.5, 0.6) is 0 Å². The molecular formula is C13H15NO4. The largest absolute Gasteiger partial charge is 0.452 e. The van der Waals surface area contributed by atoms with Gasteiger partial charge in [-0.1, -0.05) is 19.1 Å². The van der Waals surface area contributed by atoms with Gasteiger partial charge in [-0.25, -0.2) is 4.79 Å². The van der Waals surface area contributed by atoms with Gasteiger partial charge in [0.1, 0.15) is 6.29 Å². The number of esters is 1. The molecule has 5 heteroatoms. The minimum atomic E-state index is -0.584. The topological polar surface area (TPSA) is 72.5 Å². The fourth-order valence-corrected chi connectivity index (χ4v) is 1.23. The zero-order valence-corrected chi connectivity index (χ0v) is 10.1. The molecule has 1 aromatic rings. The van der Waals surface area contributed by atoms with Crippen molar-refractivity contribution in [3.05, 3.63) is 35.4 Å². The van der Waals surface area contributed by atoms with Crippen LogP contribution in [0.25, 0.3) is 0 Å². The first-order valence-corrected chi connectivity index (χ1v) is 5.66. The predicted octanol–water partition coefficient (Wildman–Crippen LogP) is 1.18. The normalized spacial score (nSPS) is 9.61. The average molecular weight is 249 g/mol. The number of amides is 1. The SMILES string of the molecule is CCCNC(=O)COC(=O)c1ccc(C=O)cc1. The highest BCUT2D eigenvalue weighted by molar-refractivity contribution is 5.92. The lowest BCUT2D eigenvalue weighted by atomic mass is 10.1. The first kappa shape index (κ1) is 13.9. The number of carbonyl (C=O) groups excluding carboxylic acids is 3. The standard InChI is InChI=1S/C13H15NO4/c1-2-7-14-12(16)9-18-13(17)11-5-3-10(8-15)4-6-11/h3-6,8H,2,7,9H2,1H3,(H,14,16). The summed E-state index contributed by atoms with van der Waals surface area (Å²) in [6.07, 6.45) is 1.51. The number of ether oxygens (including phenoxy) is 1. The van der Waals surface area contributed by atoms with E-state index in [0.29, 0.717) is 24.0 Å². The van der Waals surface area contributed by atoms with Crippen LogP contribution in [0.2, 0.25) is 0 Å². The van der Waals surface area contributed by atoms with Crippen LogP contribution in [0.4, 0.5) is 0 Å². The number of benzene rings is 1. The van der Waals surface area contributed by atoms with Crippen molar-refractivity contribution in [2.24, 2.45) is 0 Å². The van der Waals surface area contributed by atoms with Crippen LogP contribution < -0.4 is 5.32 Å². The maximum absolute atomic E-state index is 11.5. The van der Waals surface area contributed by atoms with Crippen molar-refractivity contribution in [2.45, 2.75) is 13.3 Å². The third-order valence-electron chi connectivity index (χ3n) is 2.19. The molecule has 18 heavy (non-hydrogen) atoms. The van der Waals surface area contributed by atoms with E-state index in [4.69, 9.17) is 4.74 Å². The van der Waals surface area contributed by atoms with Gasteiger partial charge >= 0.3 is 5.97 Å². The predicted molar refractivity (Wildman–Crippen MR) is 65.4 cm³/mol. The summed E-state index contributed by atoms with van der Waals surface area (Å²) in [5.74, 6) is -0.909. The van der Waals surface area contributed by atoms with Gasteiger partial charge in [0, 0.05) is 12.1 Å². The number of hydrogen-bond acceptors (Lipinski definition) is 4. The Bertz CT molecular complexity index is 425. The molecule has 0 unspecified atom stereocenters. The number of aldehydes is 1. The minimum absolute atomic E-state index is 0.297. The monoisotopic (exact) mass is 249 g/mol. The summed E-state index contributed by atoms with van der Waals surface area (Å²) >= 11 is 0. The van der Waals surface area contributed by atoms with E-state index in [2.05, 4.69) is 5.32 Å². The third-order valence-corrected chi connectivity index (χ3v) is 2.19. The van der Waals surface area contributed by atoms with Gasteiger partial charge in [-0.3, -0.25) is 9.59 Å². The molecule has 0 spiro atoms. The Balaban J connectivity index is 2.44. The van der Waals surface area contributed by atoms with Crippen molar-refractivity contribution in [2.75, 3.05) is 13.2 Å². The van der Waals surface area contributed by atoms with Crippen molar-refractivity contribution in [3.8, 4) is 0 Å². The van der Waals surface area contributed by atoms with E-state index in [1.54, 1.807) is 0 Å². The molecule has 1 aromatic carbocycles. The molecule has 0 fully saturated rings. The number of rotatable bonds is 6. The van der Waals surface area contributed by atoms with Gasteiger partial charge in [0.25, 0.3) is 5.91 Å². The second kappa shape index (κ2) is 7.21. The highest BCUT2D eigenvalue weighted by Crippen LogP contribution is 2.04. The Labute approximate surface area is 105 Å². The molecule has 1 N–H and O–H groups in total. The molecule has 0 aliphatic rings. The zero-order valence-electron chi connectivity index (χ0n) is 10.1. The molecule has 0 aliphatic carbocycles. The lowest BCUT2D eigenvalue weighted by Gasteiger charge is -2.05. The summed E-state index contributed by atoms with van der Waals surface area (Å²) in [6.45, 7) is 2.19. The molecule has 1 rings (SSSR count). The smallest absolute Gasteiger partial charge is 0.338 e. The van der Waals surface area contributed by atoms with Crippen molar-refractivity contribution in [1.29, 1.82) is 0 Å². The van der Waals surface area contributed by atoms with Crippen LogP contribution in [0.1, 0.15) is 34.1 Å². The molecule has 0 aromatic heterocycles. The van der Waals surface area contributed by atoms with Gasteiger partial charge in [0.15, 0.2) is 6.61 Å². The molecule has 5 nitrogen and oxygen atoms in total. The number of carbonyl (C=O) groups is 3. The van der Waals surface area contributed by atoms with Crippen molar-refractivity contribution >= 4 is 18.2 Å². The van der Waals surface area contributed by atoms with E-state index in [0.717, 1.165) is 6.42 Å². The number of hydrogen-bond donors (Lipinski definition) is 1. The molecule has 0 bridgehead atoms. The summed E-state index contributed by atoms with van der Waals surface area (Å²) < 4.78 is 4.82. The highest BCUT2D eigenvalue weighted by Gasteiger charge is 2.09. The van der Waals surface area contributed by atoms with Gasteiger partial charge in [-0.2, -0.15) is 0 Å². The summed E-state index contributed by atoms with van der Waals surface area (Å²) in [4.78, 5) is 33.2. The lowest BCUT2D eigenvalue weighted by Crippen LogP contribution is -2.29. The second-order valence-corrected chi connectivity index (χ2v) is 3.67. The third kappa shape index (κ3) is 4.37. The van der Waals surface area contributed by atoms with Crippen LogP contribution in [-0.2, 0) is 9.53 Å². The Morgan fingerprint density at radius 1 is 1.28 bits per heavy atom. The van der Waals surface area contributed by atoms with Crippen LogP contribution in [0.3, 0.4) is 0 Å². The van der Waals surface area contributed by atoms with Crippen molar-refractivity contribution < 1.29 is 19.1 Å². The zero-order chi connectivity index (χ0) is 13.4. The Kier molecular flexibility index (Phi) is 5.57.